The van der Waals surface area contributed by atoms with Crippen LogP contribution in [0.1, 0.15) is 36.3 Å². The average molecular weight is 340 g/mol. The highest BCUT2D eigenvalue weighted by Gasteiger charge is 2.20. The van der Waals surface area contributed by atoms with Crippen molar-refractivity contribution in [3.63, 3.8) is 0 Å². The topological polar surface area (TPSA) is 78.4 Å². The molecule has 0 aromatic carbocycles. The van der Waals surface area contributed by atoms with E-state index in [0.29, 0.717) is 13.1 Å². The zero-order chi connectivity index (χ0) is 17.5. The molecule has 0 aliphatic rings. The molecule has 6 nitrogen and oxygen atoms in total. The van der Waals surface area contributed by atoms with E-state index in [4.69, 9.17) is 0 Å². The molecule has 1 aromatic heterocycles. The second-order valence-corrected chi connectivity index (χ2v) is 7.72. The Morgan fingerprint density at radius 2 is 1.74 bits per heavy atom. The van der Waals surface area contributed by atoms with Crippen molar-refractivity contribution in [1.82, 2.24) is 20.9 Å². The van der Waals surface area contributed by atoms with E-state index in [-0.39, 0.29) is 11.3 Å². The Balaban J connectivity index is 2.23. The number of hydrogen-bond donors (Lipinski definition) is 3. The van der Waals surface area contributed by atoms with Gasteiger partial charge in [-0.3, -0.25) is 9.79 Å². The van der Waals surface area contributed by atoms with E-state index in [2.05, 4.69) is 32.9 Å². The fourth-order valence-electron chi connectivity index (χ4n) is 1.78. The van der Waals surface area contributed by atoms with Crippen molar-refractivity contribution in [1.29, 1.82) is 0 Å². The molecule has 3 N–H and O–H groups in total. The molecule has 0 radical (unpaired) electrons. The predicted molar refractivity (Wildman–Crippen MR) is 97.1 cm³/mol. The number of hydrogen-bond acceptors (Lipinski definition) is 4. The van der Waals surface area contributed by atoms with E-state index in [1.807, 2.05) is 27.7 Å². The van der Waals surface area contributed by atoms with E-state index in [1.54, 1.807) is 18.4 Å². The summed E-state index contributed by atoms with van der Waals surface area (Å²) >= 11 is 1.74. The lowest BCUT2D eigenvalue weighted by Crippen LogP contribution is -2.43. The summed E-state index contributed by atoms with van der Waals surface area (Å²) in [5.74, 6) is 0.789. The van der Waals surface area contributed by atoms with Crippen molar-refractivity contribution in [3.8, 4) is 0 Å². The van der Waals surface area contributed by atoms with Crippen molar-refractivity contribution in [2.45, 2.75) is 41.0 Å². The number of aryl methyl sites for hydroxylation is 2. The maximum atomic E-state index is 11.7. The number of aliphatic imine (C=N–C) groups is 1. The Morgan fingerprint density at radius 3 is 2.26 bits per heavy atom. The van der Waals surface area contributed by atoms with Gasteiger partial charge in [-0.25, -0.2) is 4.98 Å². The first-order valence-electron chi connectivity index (χ1n) is 7.89. The Morgan fingerprint density at radius 1 is 1.13 bits per heavy atom. The molecule has 23 heavy (non-hydrogen) atoms. The van der Waals surface area contributed by atoms with Crippen molar-refractivity contribution in [2.75, 3.05) is 26.7 Å². The van der Waals surface area contributed by atoms with Gasteiger partial charge in [-0.05, 0) is 13.8 Å². The summed E-state index contributed by atoms with van der Waals surface area (Å²) in [5.41, 5.74) is 0.756. The molecule has 0 bridgehead atoms. The maximum absolute atomic E-state index is 11.7. The maximum Gasteiger partial charge on any atom is 0.225 e. The fraction of sp³-hybridized carbons (Fsp3) is 0.688. The monoisotopic (exact) mass is 339 g/mol. The summed E-state index contributed by atoms with van der Waals surface area (Å²) in [5, 5.41) is 10.5. The summed E-state index contributed by atoms with van der Waals surface area (Å²) in [7, 11) is 1.74. The molecule has 0 unspecified atom stereocenters. The number of thiazole rings is 1. The van der Waals surface area contributed by atoms with Crippen LogP contribution in [0.15, 0.2) is 4.99 Å². The molecule has 1 aromatic rings. The summed E-state index contributed by atoms with van der Waals surface area (Å²) in [6.07, 6.45) is 0.876. The van der Waals surface area contributed by atoms with Gasteiger partial charge in [0, 0.05) is 43.4 Å². The van der Waals surface area contributed by atoms with Crippen molar-refractivity contribution in [2.24, 2.45) is 10.4 Å². The third-order valence-electron chi connectivity index (χ3n) is 3.31. The Labute approximate surface area is 143 Å². The normalized spacial score (nSPS) is 12.2. The van der Waals surface area contributed by atoms with E-state index in [0.717, 1.165) is 29.6 Å². The zero-order valence-corrected chi connectivity index (χ0v) is 15.9. The number of aromatic nitrogens is 1. The van der Waals surface area contributed by atoms with Gasteiger partial charge in [0.15, 0.2) is 5.96 Å². The first-order valence-corrected chi connectivity index (χ1v) is 8.71. The molecule has 0 aliphatic carbocycles. The van der Waals surface area contributed by atoms with Crippen LogP contribution >= 0.6 is 11.3 Å². The Hall–Kier alpha value is -1.63. The lowest BCUT2D eigenvalue weighted by atomic mass is 9.96. The Bertz CT molecular complexity index is 526. The van der Waals surface area contributed by atoms with E-state index in [9.17, 15) is 4.79 Å². The van der Waals surface area contributed by atoms with Gasteiger partial charge in [0.25, 0.3) is 0 Å². The molecule has 0 saturated carbocycles. The lowest BCUT2D eigenvalue weighted by molar-refractivity contribution is -0.128. The number of carbonyl (C=O) groups is 1. The lowest BCUT2D eigenvalue weighted by Gasteiger charge is -2.18. The largest absolute Gasteiger partial charge is 0.356 e. The molecule has 1 heterocycles. The molecule has 1 amide bonds. The minimum absolute atomic E-state index is 0.0526. The number of carbonyl (C=O) groups excluding carboxylic acids is 1. The summed E-state index contributed by atoms with van der Waals surface area (Å²) < 4.78 is 0. The third kappa shape index (κ3) is 6.99. The van der Waals surface area contributed by atoms with Crippen molar-refractivity contribution < 1.29 is 4.79 Å². The van der Waals surface area contributed by atoms with Crippen molar-refractivity contribution >= 4 is 23.2 Å². The predicted octanol–water partition coefficient (Wildman–Crippen LogP) is 1.63. The number of amides is 1. The van der Waals surface area contributed by atoms with Crippen LogP contribution in [0.3, 0.4) is 0 Å². The van der Waals surface area contributed by atoms with Crippen LogP contribution in [0, 0.1) is 19.3 Å². The van der Waals surface area contributed by atoms with Gasteiger partial charge in [0.2, 0.25) is 5.91 Å². The van der Waals surface area contributed by atoms with Crippen molar-refractivity contribution in [3.05, 3.63) is 15.6 Å². The van der Waals surface area contributed by atoms with Crippen LogP contribution < -0.4 is 16.0 Å². The minimum atomic E-state index is -0.357. The van der Waals surface area contributed by atoms with Crippen LogP contribution in [-0.4, -0.2) is 43.5 Å². The zero-order valence-electron chi connectivity index (χ0n) is 15.0. The van der Waals surface area contributed by atoms with E-state index < -0.39 is 0 Å². The average Bonchev–Trinajstić information content (AvgIpc) is 2.78. The molecule has 0 atom stereocenters. The van der Waals surface area contributed by atoms with Gasteiger partial charge in [0.05, 0.1) is 10.7 Å². The van der Waals surface area contributed by atoms with E-state index in [1.165, 1.54) is 4.88 Å². The molecule has 7 heteroatoms. The second-order valence-electron chi connectivity index (χ2n) is 6.43. The molecule has 130 valence electrons. The van der Waals surface area contributed by atoms with Gasteiger partial charge in [-0.2, -0.15) is 0 Å². The molecule has 1 rings (SSSR count). The van der Waals surface area contributed by atoms with Gasteiger partial charge >= 0.3 is 0 Å². The molecule has 0 fully saturated rings. The van der Waals surface area contributed by atoms with Gasteiger partial charge in [0.1, 0.15) is 0 Å². The minimum Gasteiger partial charge on any atom is -0.356 e. The number of guanidine groups is 1. The van der Waals surface area contributed by atoms with Gasteiger partial charge in [-0.1, -0.05) is 20.8 Å². The molecule has 0 saturated heterocycles. The van der Waals surface area contributed by atoms with Gasteiger partial charge < -0.3 is 16.0 Å². The fourth-order valence-corrected chi connectivity index (χ4v) is 2.71. The molecule has 0 spiro atoms. The van der Waals surface area contributed by atoms with Crippen LogP contribution in [0.2, 0.25) is 0 Å². The third-order valence-corrected chi connectivity index (χ3v) is 4.44. The highest BCUT2D eigenvalue weighted by molar-refractivity contribution is 7.11. The SMILES string of the molecule is CN=C(NCCNC(=O)C(C)(C)C)NCCc1nc(C)c(C)s1. The molecule has 0 aliphatic heterocycles. The highest BCUT2D eigenvalue weighted by atomic mass is 32.1. The first kappa shape index (κ1) is 19.4. The summed E-state index contributed by atoms with van der Waals surface area (Å²) in [4.78, 5) is 21.7. The molecular formula is C16H29N5OS. The van der Waals surface area contributed by atoms with Crippen LogP contribution in [0.5, 0.6) is 0 Å². The van der Waals surface area contributed by atoms with Crippen LogP contribution in [0.4, 0.5) is 0 Å². The standard InChI is InChI=1S/C16H29N5OS/c1-11-12(2)23-13(21-11)7-8-19-15(17-6)20-10-9-18-14(22)16(3,4)5/h7-10H2,1-6H3,(H,18,22)(H2,17,19,20). The quantitative estimate of drug-likeness (QED) is 0.418. The smallest absolute Gasteiger partial charge is 0.225 e. The van der Waals surface area contributed by atoms with Gasteiger partial charge in [-0.15, -0.1) is 11.3 Å². The van der Waals surface area contributed by atoms with Crippen LogP contribution in [0.25, 0.3) is 0 Å². The highest BCUT2D eigenvalue weighted by Crippen LogP contribution is 2.16. The van der Waals surface area contributed by atoms with Crippen LogP contribution in [-0.2, 0) is 11.2 Å². The second kappa shape index (κ2) is 8.86. The summed E-state index contributed by atoms with van der Waals surface area (Å²) in [6.45, 7) is 11.8. The Kier molecular flexibility index (Phi) is 7.48. The number of rotatable bonds is 6. The van der Waals surface area contributed by atoms with E-state index >= 15 is 0 Å². The summed E-state index contributed by atoms with van der Waals surface area (Å²) in [6, 6.07) is 0. The first-order chi connectivity index (χ1) is 10.7. The number of nitrogens with one attached hydrogen (secondary N) is 3. The molecular weight excluding hydrogens is 310 g/mol. The number of nitrogens with zero attached hydrogens (tertiary/aromatic N) is 2.